The number of nitrogens with one attached hydrogen (secondary N) is 1. The zero-order valence-electron chi connectivity index (χ0n) is 31.7. The monoisotopic (exact) mass is 719 g/mol. The lowest BCUT2D eigenvalue weighted by Gasteiger charge is -2.24. The number of rotatable bonds is 19. The Kier molecular flexibility index (Phi) is 14.1. The zero-order valence-corrected chi connectivity index (χ0v) is 33.6. The first kappa shape index (κ1) is 38.5. The highest BCUT2D eigenvalue weighted by atomic mass is 32.2. The van der Waals surface area contributed by atoms with Crippen LogP contribution >= 0.6 is 11.8 Å². The van der Waals surface area contributed by atoms with Crippen molar-refractivity contribution in [3.05, 3.63) is 137 Å². The van der Waals surface area contributed by atoms with Gasteiger partial charge >= 0.3 is 8.56 Å². The fourth-order valence-corrected chi connectivity index (χ4v) is 9.24. The van der Waals surface area contributed by atoms with E-state index >= 15 is 0 Å². The van der Waals surface area contributed by atoms with Crippen LogP contribution in [0.3, 0.4) is 0 Å². The van der Waals surface area contributed by atoms with Crippen LogP contribution in [0.5, 0.6) is 0 Å². The van der Waals surface area contributed by atoms with Crippen molar-refractivity contribution in [1.29, 1.82) is 0 Å². The van der Waals surface area contributed by atoms with Crippen molar-refractivity contribution in [2.24, 2.45) is 0 Å². The Labute approximate surface area is 312 Å². The first-order valence-electron chi connectivity index (χ1n) is 18.3. The number of hydrogen-bond donors (Lipinski definition) is 1. The van der Waals surface area contributed by atoms with E-state index in [1.54, 1.807) is 14.2 Å². The third-order valence-corrected chi connectivity index (χ3v) is 14.2. The molecular formula is C44H57N3O2SSi. The van der Waals surface area contributed by atoms with Crippen LogP contribution in [-0.2, 0) is 21.7 Å². The van der Waals surface area contributed by atoms with Gasteiger partial charge in [0.05, 0.1) is 0 Å². The second kappa shape index (κ2) is 18.7. The van der Waals surface area contributed by atoms with Gasteiger partial charge in [0.2, 0.25) is 0 Å². The Morgan fingerprint density at radius 3 is 1.71 bits per heavy atom. The van der Waals surface area contributed by atoms with Crippen LogP contribution in [0.4, 0.5) is 17.1 Å². The van der Waals surface area contributed by atoms with E-state index in [0.29, 0.717) is 0 Å². The van der Waals surface area contributed by atoms with E-state index in [0.717, 1.165) is 31.9 Å². The maximum absolute atomic E-state index is 5.60. The van der Waals surface area contributed by atoms with Gasteiger partial charge in [0.25, 0.3) is 0 Å². The van der Waals surface area contributed by atoms with E-state index in [2.05, 4.69) is 159 Å². The smallest absolute Gasteiger partial charge is 0.334 e. The molecule has 0 spiro atoms. The fraction of sp³-hybridized carbons (Fsp3) is 0.364. The van der Waals surface area contributed by atoms with Gasteiger partial charge in [0.15, 0.2) is 0 Å². The SMILES string of the molecule is CO[Si](C)(CCCSCCCc1ccc(CCNc2ccc(C(c3ccc(N(C)C)cc3)c3ccc(N(C)C)cc3)c3ccccc23)cc1)OC. The van der Waals surface area contributed by atoms with Crippen LogP contribution in [0, 0.1) is 0 Å². The summed E-state index contributed by atoms with van der Waals surface area (Å²) in [6.45, 7) is 3.03. The molecule has 1 N–H and O–H groups in total. The molecule has 0 radical (unpaired) electrons. The normalized spacial score (nSPS) is 11.7. The van der Waals surface area contributed by atoms with Crippen LogP contribution in [0.25, 0.3) is 10.8 Å². The van der Waals surface area contributed by atoms with E-state index in [9.17, 15) is 0 Å². The van der Waals surface area contributed by atoms with E-state index in [1.807, 2.05) is 11.8 Å². The molecule has 0 unspecified atom stereocenters. The second-order valence-electron chi connectivity index (χ2n) is 14.0. The molecule has 270 valence electrons. The molecule has 51 heavy (non-hydrogen) atoms. The molecule has 7 heteroatoms. The quantitative estimate of drug-likeness (QED) is 0.0520. The minimum atomic E-state index is -1.92. The molecule has 0 amide bonds. The Balaban J connectivity index is 1.22. The molecule has 0 aliphatic carbocycles. The molecule has 5 aromatic rings. The molecule has 5 rings (SSSR count). The fourth-order valence-electron chi connectivity index (χ4n) is 6.69. The lowest BCUT2D eigenvalue weighted by molar-refractivity contribution is 0.249. The predicted octanol–water partition coefficient (Wildman–Crippen LogP) is 10.2. The number of nitrogens with zero attached hydrogens (tertiary/aromatic N) is 2. The first-order chi connectivity index (χ1) is 24.7. The molecular weight excluding hydrogens is 663 g/mol. The molecule has 0 fully saturated rings. The summed E-state index contributed by atoms with van der Waals surface area (Å²) in [6, 6.07) is 41.8. The van der Waals surface area contributed by atoms with Crippen molar-refractivity contribution >= 4 is 48.2 Å². The minimum Gasteiger partial charge on any atom is -0.398 e. The number of anilines is 3. The van der Waals surface area contributed by atoms with Crippen LogP contribution < -0.4 is 15.1 Å². The van der Waals surface area contributed by atoms with Crippen molar-refractivity contribution < 1.29 is 8.85 Å². The highest BCUT2D eigenvalue weighted by Crippen LogP contribution is 2.39. The number of thioether (sulfide) groups is 1. The summed E-state index contributed by atoms with van der Waals surface area (Å²) in [5.74, 6) is 2.49. The maximum atomic E-state index is 5.60. The Hall–Kier alpha value is -3.75. The van der Waals surface area contributed by atoms with E-state index in [4.69, 9.17) is 8.85 Å². The summed E-state index contributed by atoms with van der Waals surface area (Å²) >= 11 is 2.05. The van der Waals surface area contributed by atoms with Crippen LogP contribution in [-0.4, -0.2) is 69.0 Å². The standard InChI is InChI=1S/C44H57N3O2SSi/c1-46(2)38-23-19-36(20-24-38)44(37-21-25-39(26-22-37)47(3)4)42-27-28-43(41-14-9-8-13-40(41)42)45-30-29-35-17-15-34(16-18-35)12-10-31-50-32-11-33-51(7,48-5)49-6/h8-9,13-28,44-45H,10-12,29-33H2,1-7H3. The summed E-state index contributed by atoms with van der Waals surface area (Å²) < 4.78 is 11.2. The van der Waals surface area contributed by atoms with Gasteiger partial charge in [-0.2, -0.15) is 11.8 Å². The lowest BCUT2D eigenvalue weighted by Crippen LogP contribution is -2.35. The van der Waals surface area contributed by atoms with Gasteiger partial charge in [-0.1, -0.05) is 78.9 Å². The third kappa shape index (κ3) is 10.4. The van der Waals surface area contributed by atoms with Gasteiger partial charge in [0, 0.05) is 77.3 Å². The average molecular weight is 720 g/mol. The Morgan fingerprint density at radius 1 is 0.627 bits per heavy atom. The van der Waals surface area contributed by atoms with Crippen LogP contribution in [0.15, 0.2) is 109 Å². The summed E-state index contributed by atoms with van der Waals surface area (Å²) in [4.78, 5) is 4.31. The molecule has 0 aliphatic heterocycles. The molecule has 5 aromatic carbocycles. The van der Waals surface area contributed by atoms with Crippen molar-refractivity contribution in [2.45, 2.75) is 44.2 Å². The summed E-state index contributed by atoms with van der Waals surface area (Å²) in [5, 5.41) is 6.33. The van der Waals surface area contributed by atoms with Gasteiger partial charge in [-0.25, -0.2) is 0 Å². The lowest BCUT2D eigenvalue weighted by atomic mass is 9.82. The van der Waals surface area contributed by atoms with Gasteiger partial charge in [-0.3, -0.25) is 0 Å². The van der Waals surface area contributed by atoms with E-state index in [-0.39, 0.29) is 5.92 Å². The number of fused-ring (bicyclic) bond motifs is 1. The summed E-state index contributed by atoms with van der Waals surface area (Å²) in [5.41, 5.74) is 10.3. The molecule has 0 saturated carbocycles. The van der Waals surface area contributed by atoms with E-state index in [1.165, 1.54) is 73.6 Å². The van der Waals surface area contributed by atoms with Crippen molar-refractivity contribution in [3.63, 3.8) is 0 Å². The largest absolute Gasteiger partial charge is 0.398 e. The summed E-state index contributed by atoms with van der Waals surface area (Å²) in [6.07, 6.45) is 4.49. The molecule has 0 aromatic heterocycles. The Bertz CT molecular complexity index is 1740. The molecule has 5 nitrogen and oxygen atoms in total. The molecule has 0 heterocycles. The van der Waals surface area contributed by atoms with Gasteiger partial charge in [-0.15, -0.1) is 0 Å². The second-order valence-corrected chi connectivity index (χ2v) is 18.8. The van der Waals surface area contributed by atoms with E-state index < -0.39 is 8.56 Å². The average Bonchev–Trinajstić information content (AvgIpc) is 3.16. The topological polar surface area (TPSA) is 37.0 Å². The number of benzene rings is 5. The minimum absolute atomic E-state index is 0.114. The zero-order chi connectivity index (χ0) is 36.2. The summed E-state index contributed by atoms with van der Waals surface area (Å²) in [7, 11) is 10.0. The maximum Gasteiger partial charge on any atom is 0.334 e. The highest BCUT2D eigenvalue weighted by Gasteiger charge is 2.27. The Morgan fingerprint density at radius 2 is 1.16 bits per heavy atom. The van der Waals surface area contributed by atoms with Crippen LogP contribution in [0.2, 0.25) is 12.6 Å². The van der Waals surface area contributed by atoms with Gasteiger partial charge in [0.1, 0.15) is 0 Å². The van der Waals surface area contributed by atoms with Crippen molar-refractivity contribution in [1.82, 2.24) is 0 Å². The molecule has 0 bridgehead atoms. The predicted molar refractivity (Wildman–Crippen MR) is 226 cm³/mol. The molecule has 0 atom stereocenters. The molecule has 0 saturated heterocycles. The van der Waals surface area contributed by atoms with Gasteiger partial charge in [-0.05, 0) is 113 Å². The third-order valence-electron chi connectivity index (χ3n) is 10.0. The highest BCUT2D eigenvalue weighted by molar-refractivity contribution is 7.99. The van der Waals surface area contributed by atoms with Crippen molar-refractivity contribution in [2.75, 3.05) is 75.6 Å². The number of hydrogen-bond acceptors (Lipinski definition) is 6. The first-order valence-corrected chi connectivity index (χ1v) is 21.9. The van der Waals surface area contributed by atoms with Crippen LogP contribution in [0.1, 0.15) is 46.6 Å². The number of aryl methyl sites for hydroxylation is 1. The molecule has 0 aliphatic rings. The van der Waals surface area contributed by atoms with Gasteiger partial charge < -0.3 is 24.0 Å². The van der Waals surface area contributed by atoms with Crippen molar-refractivity contribution in [3.8, 4) is 0 Å².